The van der Waals surface area contributed by atoms with Crippen LogP contribution in [0.4, 0.5) is 5.69 Å². The van der Waals surface area contributed by atoms with Crippen molar-refractivity contribution in [2.24, 2.45) is 0 Å². The van der Waals surface area contributed by atoms with Gasteiger partial charge in [0.15, 0.2) is 0 Å². The quantitative estimate of drug-likeness (QED) is 0.531. The summed E-state index contributed by atoms with van der Waals surface area (Å²) in [4.78, 5) is 17.2. The summed E-state index contributed by atoms with van der Waals surface area (Å²) in [6.07, 6.45) is 1.41. The first kappa shape index (κ1) is 17.4. The topological polar surface area (TPSA) is 68.0 Å². The van der Waals surface area contributed by atoms with Crippen LogP contribution in [0, 0.1) is 6.92 Å². The van der Waals surface area contributed by atoms with Crippen molar-refractivity contribution in [1.82, 2.24) is 10.1 Å². The largest absolute Gasteiger partial charge is 0.360 e. The summed E-state index contributed by atoms with van der Waals surface area (Å²) < 4.78 is 6.40. The first-order valence-corrected chi connectivity index (χ1v) is 9.65. The van der Waals surface area contributed by atoms with Crippen molar-refractivity contribution in [3.05, 3.63) is 76.1 Å². The van der Waals surface area contributed by atoms with E-state index in [0.29, 0.717) is 23.4 Å². The van der Waals surface area contributed by atoms with Gasteiger partial charge < -0.3 is 9.84 Å². The zero-order chi connectivity index (χ0) is 18.8. The molecule has 0 atom stereocenters. The number of benzene rings is 2. The van der Waals surface area contributed by atoms with Gasteiger partial charge in [-0.3, -0.25) is 4.79 Å². The fourth-order valence-corrected chi connectivity index (χ4v) is 4.02. The molecule has 0 aliphatic heterocycles. The number of aromatic nitrogens is 2. The van der Waals surface area contributed by atoms with Crippen molar-refractivity contribution in [3.8, 4) is 0 Å². The maximum absolute atomic E-state index is 12.5. The Morgan fingerprint density at radius 1 is 1.15 bits per heavy atom. The first-order valence-electron chi connectivity index (χ1n) is 8.84. The molecule has 0 saturated heterocycles. The average Bonchev–Trinajstić information content (AvgIpc) is 3.25. The number of nitrogens with zero attached hydrogens (tertiary/aromatic N) is 2. The lowest BCUT2D eigenvalue weighted by atomic mass is 10.1. The molecule has 0 aliphatic rings. The molecule has 0 radical (unpaired) electrons. The van der Waals surface area contributed by atoms with Crippen LogP contribution in [0.3, 0.4) is 0 Å². The third kappa shape index (κ3) is 3.61. The second-order valence-corrected chi connectivity index (χ2v) is 7.44. The average molecular weight is 377 g/mol. The van der Waals surface area contributed by atoms with E-state index in [4.69, 9.17) is 4.52 Å². The summed E-state index contributed by atoms with van der Waals surface area (Å²) in [6.45, 7) is 3.71. The van der Waals surface area contributed by atoms with Gasteiger partial charge in [0.2, 0.25) is 0 Å². The minimum atomic E-state index is -0.190. The van der Waals surface area contributed by atoms with Gasteiger partial charge in [0.05, 0.1) is 20.9 Å². The summed E-state index contributed by atoms with van der Waals surface area (Å²) in [5, 5.41) is 7.89. The summed E-state index contributed by atoms with van der Waals surface area (Å²) in [5.41, 5.74) is 4.07. The van der Waals surface area contributed by atoms with Crippen LogP contribution in [-0.2, 0) is 12.8 Å². The van der Waals surface area contributed by atoms with Gasteiger partial charge >= 0.3 is 0 Å². The molecule has 2 heterocycles. The molecule has 0 saturated carbocycles. The van der Waals surface area contributed by atoms with Crippen LogP contribution in [0.5, 0.6) is 0 Å². The molecule has 0 unspecified atom stereocenters. The van der Waals surface area contributed by atoms with Crippen LogP contribution < -0.4 is 5.32 Å². The van der Waals surface area contributed by atoms with Gasteiger partial charge in [-0.1, -0.05) is 36.3 Å². The minimum Gasteiger partial charge on any atom is -0.360 e. The molecular formula is C21H19N3O2S. The van der Waals surface area contributed by atoms with Gasteiger partial charge in [-0.2, -0.15) is 0 Å². The van der Waals surface area contributed by atoms with E-state index < -0.39 is 0 Å². The lowest BCUT2D eigenvalue weighted by molar-refractivity contribution is 0.102. The SMILES string of the molecule is CCc1onc(C)c1C(=O)Nc1ccc(Cc2nc3ccccc3s2)cc1. The molecule has 1 amide bonds. The summed E-state index contributed by atoms with van der Waals surface area (Å²) in [6, 6.07) is 16.0. The van der Waals surface area contributed by atoms with Gasteiger partial charge in [0, 0.05) is 18.5 Å². The van der Waals surface area contributed by atoms with Crippen LogP contribution in [0.25, 0.3) is 10.2 Å². The van der Waals surface area contributed by atoms with E-state index in [-0.39, 0.29) is 5.91 Å². The van der Waals surface area contributed by atoms with Crippen LogP contribution in [0.1, 0.15) is 39.3 Å². The van der Waals surface area contributed by atoms with Gasteiger partial charge in [-0.05, 0) is 36.8 Å². The monoisotopic (exact) mass is 377 g/mol. The first-order chi connectivity index (χ1) is 13.1. The molecule has 4 rings (SSSR count). The van der Waals surface area contributed by atoms with E-state index in [1.54, 1.807) is 18.3 Å². The summed E-state index contributed by atoms with van der Waals surface area (Å²) in [5.74, 6) is 0.418. The highest BCUT2D eigenvalue weighted by Gasteiger charge is 2.19. The Balaban J connectivity index is 1.47. The van der Waals surface area contributed by atoms with E-state index in [0.717, 1.165) is 28.2 Å². The molecule has 136 valence electrons. The van der Waals surface area contributed by atoms with Gasteiger partial charge in [0.25, 0.3) is 5.91 Å². The van der Waals surface area contributed by atoms with Crippen LogP contribution >= 0.6 is 11.3 Å². The van der Waals surface area contributed by atoms with E-state index in [2.05, 4.69) is 21.5 Å². The number of carbonyl (C=O) groups is 1. The standard InChI is InChI=1S/C21H19N3O2S/c1-3-17-20(13(2)24-26-17)21(25)22-15-10-8-14(9-11-15)12-19-23-16-6-4-5-7-18(16)27-19/h4-11H,3,12H2,1-2H3,(H,22,25). The number of anilines is 1. The predicted molar refractivity (Wildman–Crippen MR) is 107 cm³/mol. The Morgan fingerprint density at radius 3 is 2.67 bits per heavy atom. The summed E-state index contributed by atoms with van der Waals surface area (Å²) >= 11 is 1.71. The number of amides is 1. The lowest BCUT2D eigenvalue weighted by Crippen LogP contribution is -2.14. The Kier molecular flexibility index (Phi) is 4.73. The third-order valence-electron chi connectivity index (χ3n) is 4.39. The number of hydrogen-bond acceptors (Lipinski definition) is 5. The minimum absolute atomic E-state index is 0.190. The Hall–Kier alpha value is -2.99. The van der Waals surface area contributed by atoms with Crippen molar-refractivity contribution >= 4 is 33.1 Å². The molecule has 27 heavy (non-hydrogen) atoms. The van der Waals surface area contributed by atoms with E-state index in [1.807, 2.05) is 49.4 Å². The molecule has 0 bridgehead atoms. The molecule has 0 aliphatic carbocycles. The second kappa shape index (κ2) is 7.32. The van der Waals surface area contributed by atoms with E-state index in [1.165, 1.54) is 4.70 Å². The molecule has 0 fully saturated rings. The van der Waals surface area contributed by atoms with Crippen molar-refractivity contribution in [1.29, 1.82) is 0 Å². The zero-order valence-corrected chi connectivity index (χ0v) is 16.0. The Labute approximate surface area is 161 Å². The molecular weight excluding hydrogens is 358 g/mol. The van der Waals surface area contributed by atoms with Crippen LogP contribution in [0.15, 0.2) is 53.1 Å². The number of thiazole rings is 1. The van der Waals surface area contributed by atoms with E-state index >= 15 is 0 Å². The fraction of sp³-hybridized carbons (Fsp3) is 0.190. The Morgan fingerprint density at radius 2 is 1.93 bits per heavy atom. The number of fused-ring (bicyclic) bond motifs is 1. The molecule has 4 aromatic rings. The summed E-state index contributed by atoms with van der Waals surface area (Å²) in [7, 11) is 0. The van der Waals surface area contributed by atoms with Crippen LogP contribution in [0.2, 0.25) is 0 Å². The molecule has 2 aromatic heterocycles. The van der Waals surface area contributed by atoms with Gasteiger partial charge in [-0.25, -0.2) is 4.98 Å². The number of para-hydroxylation sites is 1. The fourth-order valence-electron chi connectivity index (χ4n) is 3.02. The van der Waals surface area contributed by atoms with Crippen LogP contribution in [-0.4, -0.2) is 16.0 Å². The van der Waals surface area contributed by atoms with Gasteiger partial charge in [0.1, 0.15) is 11.3 Å². The number of rotatable bonds is 5. The van der Waals surface area contributed by atoms with Crippen molar-refractivity contribution in [3.63, 3.8) is 0 Å². The second-order valence-electron chi connectivity index (χ2n) is 6.32. The molecule has 5 nitrogen and oxygen atoms in total. The third-order valence-corrected chi connectivity index (χ3v) is 5.42. The number of carbonyl (C=O) groups excluding carboxylic acids is 1. The highest BCUT2D eigenvalue weighted by Crippen LogP contribution is 2.24. The molecule has 1 N–H and O–H groups in total. The maximum Gasteiger partial charge on any atom is 0.261 e. The predicted octanol–water partition coefficient (Wildman–Crippen LogP) is 5.00. The number of hydrogen-bond donors (Lipinski definition) is 1. The van der Waals surface area contributed by atoms with Crippen molar-refractivity contribution in [2.45, 2.75) is 26.7 Å². The zero-order valence-electron chi connectivity index (χ0n) is 15.2. The van der Waals surface area contributed by atoms with Crippen molar-refractivity contribution in [2.75, 3.05) is 5.32 Å². The smallest absolute Gasteiger partial charge is 0.261 e. The maximum atomic E-state index is 12.5. The number of aryl methyl sites for hydroxylation is 2. The number of nitrogens with one attached hydrogen (secondary N) is 1. The van der Waals surface area contributed by atoms with E-state index in [9.17, 15) is 4.79 Å². The molecule has 0 spiro atoms. The molecule has 6 heteroatoms. The van der Waals surface area contributed by atoms with Gasteiger partial charge in [-0.15, -0.1) is 11.3 Å². The molecule has 2 aromatic carbocycles. The highest BCUT2D eigenvalue weighted by molar-refractivity contribution is 7.18. The lowest BCUT2D eigenvalue weighted by Gasteiger charge is -2.06. The normalized spacial score (nSPS) is 11.0. The Bertz CT molecular complexity index is 1060. The van der Waals surface area contributed by atoms with Crippen molar-refractivity contribution < 1.29 is 9.32 Å². The highest BCUT2D eigenvalue weighted by atomic mass is 32.1.